The molecule has 7 nitrogen and oxygen atoms in total. The van der Waals surface area contributed by atoms with Crippen LogP contribution in [-0.4, -0.2) is 53.9 Å². The molecule has 21 heavy (non-hydrogen) atoms. The molecule has 0 aromatic heterocycles. The summed E-state index contributed by atoms with van der Waals surface area (Å²) >= 11 is 1.41. The zero-order valence-corrected chi connectivity index (χ0v) is 12.5. The van der Waals surface area contributed by atoms with Crippen molar-refractivity contribution in [1.29, 1.82) is 0 Å². The number of nitrogens with one attached hydrogen (secondary N) is 1. The standard InChI is InChI=1S/C13H16N2O5S/c1-19-8-3-4-9(11(5-8)20-2)14-13(18)15-7-21-6-10(15)12(16)17/h3-5,10H,6-7H2,1-2H3,(H,14,18)(H,16,17). The normalized spacial score (nSPS) is 17.4. The van der Waals surface area contributed by atoms with Crippen LogP contribution in [0.3, 0.4) is 0 Å². The maximum Gasteiger partial charge on any atom is 0.327 e. The van der Waals surface area contributed by atoms with Gasteiger partial charge in [0, 0.05) is 11.8 Å². The molecule has 1 saturated heterocycles. The van der Waals surface area contributed by atoms with Crippen LogP contribution >= 0.6 is 11.8 Å². The summed E-state index contributed by atoms with van der Waals surface area (Å²) in [6.07, 6.45) is 0. The second-order valence-electron chi connectivity index (χ2n) is 4.32. The Bertz CT molecular complexity index is 551. The number of carbonyl (C=O) groups excluding carboxylic acids is 1. The van der Waals surface area contributed by atoms with Crippen LogP contribution in [0.2, 0.25) is 0 Å². The first-order chi connectivity index (χ1) is 10.1. The number of carbonyl (C=O) groups is 2. The fourth-order valence-corrected chi connectivity index (χ4v) is 3.08. The highest BCUT2D eigenvalue weighted by molar-refractivity contribution is 7.99. The van der Waals surface area contributed by atoms with Crippen LogP contribution in [0.4, 0.5) is 10.5 Å². The fraction of sp³-hybridized carbons (Fsp3) is 0.385. The van der Waals surface area contributed by atoms with Gasteiger partial charge in [0.25, 0.3) is 0 Å². The Kier molecular flexibility index (Phi) is 4.79. The predicted molar refractivity (Wildman–Crippen MR) is 79.2 cm³/mol. The molecule has 1 atom stereocenters. The van der Waals surface area contributed by atoms with Gasteiger partial charge < -0.3 is 24.8 Å². The van der Waals surface area contributed by atoms with Crippen molar-refractivity contribution >= 4 is 29.4 Å². The van der Waals surface area contributed by atoms with Crippen LogP contribution in [0.15, 0.2) is 18.2 Å². The van der Waals surface area contributed by atoms with Gasteiger partial charge in [-0.2, -0.15) is 0 Å². The lowest BCUT2D eigenvalue weighted by Crippen LogP contribution is -2.44. The molecule has 1 aliphatic rings. The first-order valence-corrected chi connectivity index (χ1v) is 7.32. The molecule has 1 unspecified atom stereocenters. The number of hydrogen-bond donors (Lipinski definition) is 2. The lowest BCUT2D eigenvalue weighted by Gasteiger charge is -2.21. The third-order valence-electron chi connectivity index (χ3n) is 3.08. The molecule has 1 aliphatic heterocycles. The number of carboxylic acid groups (broad SMARTS) is 1. The molecule has 1 fully saturated rings. The molecule has 114 valence electrons. The summed E-state index contributed by atoms with van der Waals surface area (Å²) in [5, 5.41) is 11.8. The summed E-state index contributed by atoms with van der Waals surface area (Å²) in [5.74, 6) is 0.785. The molecule has 2 rings (SSSR count). The number of methoxy groups -OCH3 is 2. The first kappa shape index (κ1) is 15.3. The second-order valence-corrected chi connectivity index (χ2v) is 5.32. The second kappa shape index (κ2) is 6.57. The van der Waals surface area contributed by atoms with Gasteiger partial charge in [0.2, 0.25) is 0 Å². The summed E-state index contributed by atoms with van der Waals surface area (Å²) in [6, 6.07) is 3.71. The largest absolute Gasteiger partial charge is 0.497 e. The van der Waals surface area contributed by atoms with E-state index in [1.54, 1.807) is 18.2 Å². The number of hydrogen-bond acceptors (Lipinski definition) is 5. The summed E-state index contributed by atoms with van der Waals surface area (Å²) in [6.45, 7) is 0. The van der Waals surface area contributed by atoms with Crippen LogP contribution in [0.25, 0.3) is 0 Å². The summed E-state index contributed by atoms with van der Waals surface area (Å²) in [7, 11) is 3.02. The Morgan fingerprint density at radius 2 is 2.14 bits per heavy atom. The van der Waals surface area contributed by atoms with Crippen molar-refractivity contribution in [3.63, 3.8) is 0 Å². The molecule has 8 heteroatoms. The number of ether oxygens (including phenoxy) is 2. The van der Waals surface area contributed by atoms with Crippen LogP contribution in [-0.2, 0) is 4.79 Å². The summed E-state index contributed by atoms with van der Waals surface area (Å²) in [4.78, 5) is 24.6. The smallest absolute Gasteiger partial charge is 0.327 e. The van der Waals surface area contributed by atoms with E-state index in [2.05, 4.69) is 5.32 Å². The molecule has 2 N–H and O–H groups in total. The summed E-state index contributed by atoms with van der Waals surface area (Å²) in [5.41, 5.74) is 0.462. The van der Waals surface area contributed by atoms with E-state index in [0.717, 1.165) is 0 Å². The monoisotopic (exact) mass is 312 g/mol. The zero-order valence-electron chi connectivity index (χ0n) is 11.7. The van der Waals surface area contributed by atoms with Gasteiger partial charge in [-0.25, -0.2) is 9.59 Å². The molecule has 0 spiro atoms. The minimum atomic E-state index is -1.00. The number of carboxylic acids is 1. The van der Waals surface area contributed by atoms with E-state index in [1.165, 1.54) is 30.9 Å². The van der Waals surface area contributed by atoms with Crippen molar-refractivity contribution in [2.24, 2.45) is 0 Å². The third-order valence-corrected chi connectivity index (χ3v) is 4.09. The average molecular weight is 312 g/mol. The number of urea groups is 1. The number of nitrogens with zero attached hydrogens (tertiary/aromatic N) is 1. The number of rotatable bonds is 4. The lowest BCUT2D eigenvalue weighted by molar-refractivity contribution is -0.140. The van der Waals surface area contributed by atoms with Crippen LogP contribution in [0.1, 0.15) is 0 Å². The number of anilines is 1. The van der Waals surface area contributed by atoms with E-state index in [-0.39, 0.29) is 0 Å². The van der Waals surface area contributed by atoms with Crippen LogP contribution < -0.4 is 14.8 Å². The number of amides is 2. The Balaban J connectivity index is 2.14. The average Bonchev–Trinajstić information content (AvgIpc) is 2.97. The molecule has 1 heterocycles. The lowest BCUT2D eigenvalue weighted by atomic mass is 10.2. The molecule has 2 amide bonds. The number of benzene rings is 1. The van der Waals surface area contributed by atoms with Gasteiger partial charge in [-0.05, 0) is 12.1 Å². The molecular formula is C13H16N2O5S. The third kappa shape index (κ3) is 3.33. The number of thioether (sulfide) groups is 1. The van der Waals surface area contributed by atoms with Crippen molar-refractivity contribution in [2.45, 2.75) is 6.04 Å². The molecule has 1 aromatic carbocycles. The zero-order chi connectivity index (χ0) is 15.4. The minimum Gasteiger partial charge on any atom is -0.497 e. The van der Waals surface area contributed by atoms with E-state index < -0.39 is 18.0 Å². The summed E-state index contributed by atoms with van der Waals surface area (Å²) < 4.78 is 10.3. The SMILES string of the molecule is COc1ccc(NC(=O)N2CSCC2C(=O)O)c(OC)c1. The quantitative estimate of drug-likeness (QED) is 0.879. The predicted octanol–water partition coefficient (Wildman–Crippen LogP) is 1.70. The molecular weight excluding hydrogens is 296 g/mol. The minimum absolute atomic E-state index is 0.348. The highest BCUT2D eigenvalue weighted by Crippen LogP contribution is 2.30. The maximum atomic E-state index is 12.2. The highest BCUT2D eigenvalue weighted by atomic mass is 32.2. The Labute approximate surface area is 126 Å². The van der Waals surface area contributed by atoms with Gasteiger partial charge in [0.1, 0.15) is 17.5 Å². The molecule has 0 aliphatic carbocycles. The van der Waals surface area contributed by atoms with Gasteiger partial charge in [0.15, 0.2) is 0 Å². The maximum absolute atomic E-state index is 12.2. The van der Waals surface area contributed by atoms with Crippen molar-refractivity contribution in [1.82, 2.24) is 4.90 Å². The van der Waals surface area contributed by atoms with Crippen molar-refractivity contribution in [2.75, 3.05) is 31.2 Å². The van der Waals surface area contributed by atoms with Gasteiger partial charge in [-0.1, -0.05) is 0 Å². The molecule has 0 radical (unpaired) electrons. The molecule has 1 aromatic rings. The first-order valence-electron chi connectivity index (χ1n) is 6.17. The molecule has 0 bridgehead atoms. The van der Waals surface area contributed by atoms with E-state index in [0.29, 0.717) is 28.8 Å². The van der Waals surface area contributed by atoms with Gasteiger partial charge in [0.05, 0.1) is 25.8 Å². The van der Waals surface area contributed by atoms with Gasteiger partial charge >= 0.3 is 12.0 Å². The van der Waals surface area contributed by atoms with E-state index in [1.807, 2.05) is 0 Å². The van der Waals surface area contributed by atoms with Crippen LogP contribution in [0.5, 0.6) is 11.5 Å². The number of aliphatic carboxylic acids is 1. The fourth-order valence-electron chi connectivity index (χ4n) is 1.94. The molecule has 0 saturated carbocycles. The Morgan fingerprint density at radius 1 is 1.38 bits per heavy atom. The topological polar surface area (TPSA) is 88.1 Å². The van der Waals surface area contributed by atoms with Crippen molar-refractivity contribution < 1.29 is 24.2 Å². The Hall–Kier alpha value is -2.09. The van der Waals surface area contributed by atoms with Crippen molar-refractivity contribution in [3.05, 3.63) is 18.2 Å². The van der Waals surface area contributed by atoms with Gasteiger partial charge in [-0.3, -0.25) is 0 Å². The van der Waals surface area contributed by atoms with Gasteiger partial charge in [-0.15, -0.1) is 11.8 Å². The van der Waals surface area contributed by atoms with E-state index in [9.17, 15) is 9.59 Å². The highest BCUT2D eigenvalue weighted by Gasteiger charge is 2.34. The Morgan fingerprint density at radius 3 is 2.76 bits per heavy atom. The van der Waals surface area contributed by atoms with E-state index in [4.69, 9.17) is 14.6 Å². The van der Waals surface area contributed by atoms with E-state index >= 15 is 0 Å². The van der Waals surface area contributed by atoms with Crippen LogP contribution in [0, 0.1) is 0 Å². The van der Waals surface area contributed by atoms with Crippen molar-refractivity contribution in [3.8, 4) is 11.5 Å².